The van der Waals surface area contributed by atoms with E-state index in [0.717, 1.165) is 50.1 Å². The smallest absolute Gasteiger partial charge is 0.191 e. The quantitative estimate of drug-likeness (QED) is 0.290. The van der Waals surface area contributed by atoms with Crippen LogP contribution in [0.3, 0.4) is 0 Å². The zero-order valence-electron chi connectivity index (χ0n) is 19.5. The third-order valence-corrected chi connectivity index (χ3v) is 5.94. The zero-order valence-corrected chi connectivity index (χ0v) is 21.8. The predicted octanol–water partition coefficient (Wildman–Crippen LogP) is 4.30. The molecule has 0 aliphatic carbocycles. The number of ether oxygens (including phenoxy) is 3. The highest BCUT2D eigenvalue weighted by Crippen LogP contribution is 2.36. The van der Waals surface area contributed by atoms with Gasteiger partial charge in [0.05, 0.1) is 13.7 Å². The number of aryl methyl sites for hydroxylation is 1. The van der Waals surface area contributed by atoms with Crippen LogP contribution in [0.5, 0.6) is 11.5 Å². The molecule has 1 heterocycles. The summed E-state index contributed by atoms with van der Waals surface area (Å²) in [6.07, 6.45) is 1.94. The molecular formula is C25H36IN3O3. The summed E-state index contributed by atoms with van der Waals surface area (Å²) in [5.41, 5.74) is 2.77. The number of benzene rings is 2. The minimum absolute atomic E-state index is 0. The molecule has 1 unspecified atom stereocenters. The molecule has 1 aliphatic heterocycles. The first-order valence-electron chi connectivity index (χ1n) is 11.0. The molecule has 0 amide bonds. The molecule has 0 aromatic heterocycles. The van der Waals surface area contributed by atoms with Crippen LogP contribution in [-0.4, -0.2) is 52.5 Å². The van der Waals surface area contributed by atoms with Crippen LogP contribution in [0, 0.1) is 6.92 Å². The number of para-hydroxylation sites is 2. The number of rotatable bonds is 8. The number of halogens is 1. The second-order valence-corrected chi connectivity index (χ2v) is 8.09. The Balaban J connectivity index is 0.00000363. The molecule has 6 nitrogen and oxygen atoms in total. The molecule has 1 aliphatic rings. The maximum absolute atomic E-state index is 6.04. The fraction of sp³-hybridized carbons (Fsp3) is 0.480. The first-order chi connectivity index (χ1) is 15.1. The Morgan fingerprint density at radius 2 is 1.72 bits per heavy atom. The van der Waals surface area contributed by atoms with Gasteiger partial charge in [0.1, 0.15) is 6.10 Å². The summed E-state index contributed by atoms with van der Waals surface area (Å²) in [6.45, 7) is 7.22. The van der Waals surface area contributed by atoms with Gasteiger partial charge in [0, 0.05) is 32.2 Å². The van der Waals surface area contributed by atoms with Crippen molar-refractivity contribution in [2.75, 3.05) is 40.5 Å². The number of methoxy groups -OCH3 is 1. The van der Waals surface area contributed by atoms with Gasteiger partial charge in [-0.1, -0.05) is 36.4 Å². The van der Waals surface area contributed by atoms with E-state index in [9.17, 15) is 0 Å². The molecule has 0 saturated carbocycles. The Bertz CT molecular complexity index is 869. The third-order valence-electron chi connectivity index (χ3n) is 5.94. The Morgan fingerprint density at radius 3 is 2.38 bits per heavy atom. The van der Waals surface area contributed by atoms with E-state index in [0.29, 0.717) is 6.54 Å². The molecule has 32 heavy (non-hydrogen) atoms. The molecule has 1 fully saturated rings. The van der Waals surface area contributed by atoms with Crippen molar-refractivity contribution in [3.63, 3.8) is 0 Å². The normalized spacial score (nSPS) is 16.4. The lowest BCUT2D eigenvalue weighted by Crippen LogP contribution is -2.49. The van der Waals surface area contributed by atoms with Crippen molar-refractivity contribution in [2.24, 2.45) is 4.99 Å². The fourth-order valence-electron chi connectivity index (χ4n) is 4.16. The molecule has 1 atom stereocenters. The predicted molar refractivity (Wildman–Crippen MR) is 141 cm³/mol. The molecule has 2 N–H and O–H groups in total. The van der Waals surface area contributed by atoms with Gasteiger partial charge in [-0.05, 0) is 49.9 Å². The number of aliphatic imine (C=N–C) groups is 1. The average Bonchev–Trinajstić information content (AvgIpc) is 2.80. The van der Waals surface area contributed by atoms with Gasteiger partial charge in [-0.3, -0.25) is 4.99 Å². The van der Waals surface area contributed by atoms with Crippen molar-refractivity contribution in [1.29, 1.82) is 0 Å². The van der Waals surface area contributed by atoms with Crippen LogP contribution in [-0.2, 0) is 10.2 Å². The summed E-state index contributed by atoms with van der Waals surface area (Å²) in [5.74, 6) is 2.24. The standard InChI is InChI=1S/C25H35N3O3.HI/c1-19-9-5-6-10-21(19)25(13-15-30-16-14-25)18-28-24(26-3)27-17-20(2)31-23-12-8-7-11-22(23)29-4;/h5-12,20H,13-18H2,1-4H3,(H2,26,27,28);1H. The molecule has 7 heteroatoms. The highest BCUT2D eigenvalue weighted by Gasteiger charge is 2.35. The molecule has 176 valence electrons. The Morgan fingerprint density at radius 1 is 1.06 bits per heavy atom. The van der Waals surface area contributed by atoms with Crippen molar-refractivity contribution < 1.29 is 14.2 Å². The summed E-state index contributed by atoms with van der Waals surface area (Å²) in [6, 6.07) is 16.4. The molecule has 2 aromatic carbocycles. The van der Waals surface area contributed by atoms with Gasteiger partial charge in [0.25, 0.3) is 0 Å². The molecular weight excluding hydrogens is 517 g/mol. The Kier molecular flexibility index (Phi) is 10.6. The van der Waals surface area contributed by atoms with Crippen molar-refractivity contribution in [2.45, 2.75) is 38.2 Å². The van der Waals surface area contributed by atoms with Crippen molar-refractivity contribution in [3.8, 4) is 11.5 Å². The number of nitrogens with zero attached hydrogens (tertiary/aromatic N) is 1. The largest absolute Gasteiger partial charge is 0.493 e. The van der Waals surface area contributed by atoms with Gasteiger partial charge in [-0.2, -0.15) is 0 Å². The van der Waals surface area contributed by atoms with E-state index in [-0.39, 0.29) is 35.5 Å². The maximum atomic E-state index is 6.04. The minimum Gasteiger partial charge on any atom is -0.493 e. The van der Waals surface area contributed by atoms with Crippen LogP contribution in [0.2, 0.25) is 0 Å². The summed E-state index contributed by atoms with van der Waals surface area (Å²) in [4.78, 5) is 4.42. The SMILES string of the molecule is CN=C(NCC(C)Oc1ccccc1OC)NCC1(c2ccccc2C)CCOCC1.I. The van der Waals surface area contributed by atoms with E-state index in [1.807, 2.05) is 31.2 Å². The van der Waals surface area contributed by atoms with Crippen molar-refractivity contribution >= 4 is 29.9 Å². The topological polar surface area (TPSA) is 64.1 Å². The second kappa shape index (κ2) is 12.9. The lowest BCUT2D eigenvalue weighted by Gasteiger charge is -2.39. The van der Waals surface area contributed by atoms with Gasteiger partial charge in [0.15, 0.2) is 17.5 Å². The third kappa shape index (κ3) is 6.75. The number of nitrogens with one attached hydrogen (secondary N) is 2. The fourth-order valence-corrected chi connectivity index (χ4v) is 4.16. The number of hydrogen-bond donors (Lipinski definition) is 2. The molecule has 1 saturated heterocycles. The van der Waals surface area contributed by atoms with Crippen LogP contribution in [0.15, 0.2) is 53.5 Å². The van der Waals surface area contributed by atoms with E-state index in [4.69, 9.17) is 14.2 Å². The van der Waals surface area contributed by atoms with E-state index in [1.165, 1.54) is 11.1 Å². The van der Waals surface area contributed by atoms with E-state index in [2.05, 4.69) is 46.8 Å². The lowest BCUT2D eigenvalue weighted by atomic mass is 9.72. The van der Waals surface area contributed by atoms with Crippen LogP contribution >= 0.6 is 24.0 Å². The van der Waals surface area contributed by atoms with E-state index >= 15 is 0 Å². The summed E-state index contributed by atoms with van der Waals surface area (Å²) in [7, 11) is 3.45. The van der Waals surface area contributed by atoms with Crippen LogP contribution in [0.25, 0.3) is 0 Å². The van der Waals surface area contributed by atoms with Gasteiger partial charge in [0.2, 0.25) is 0 Å². The molecule has 3 rings (SSSR count). The van der Waals surface area contributed by atoms with Crippen LogP contribution in [0.4, 0.5) is 0 Å². The van der Waals surface area contributed by atoms with E-state index < -0.39 is 0 Å². The Hall–Kier alpha value is -2.00. The van der Waals surface area contributed by atoms with Gasteiger partial charge in [-0.25, -0.2) is 0 Å². The maximum Gasteiger partial charge on any atom is 0.191 e. The first kappa shape index (κ1) is 26.3. The molecule has 2 aromatic rings. The Labute approximate surface area is 209 Å². The average molecular weight is 553 g/mol. The van der Waals surface area contributed by atoms with Gasteiger partial charge in [-0.15, -0.1) is 24.0 Å². The van der Waals surface area contributed by atoms with E-state index in [1.54, 1.807) is 14.2 Å². The second-order valence-electron chi connectivity index (χ2n) is 8.09. The van der Waals surface area contributed by atoms with Gasteiger partial charge < -0.3 is 24.8 Å². The monoisotopic (exact) mass is 553 g/mol. The van der Waals surface area contributed by atoms with Crippen LogP contribution < -0.4 is 20.1 Å². The molecule has 0 spiro atoms. The van der Waals surface area contributed by atoms with Crippen molar-refractivity contribution in [3.05, 3.63) is 59.7 Å². The summed E-state index contributed by atoms with van der Waals surface area (Å²) < 4.78 is 17.1. The van der Waals surface area contributed by atoms with Crippen molar-refractivity contribution in [1.82, 2.24) is 10.6 Å². The first-order valence-corrected chi connectivity index (χ1v) is 11.0. The number of hydrogen-bond acceptors (Lipinski definition) is 4. The highest BCUT2D eigenvalue weighted by atomic mass is 127. The summed E-state index contributed by atoms with van der Waals surface area (Å²) >= 11 is 0. The number of guanidine groups is 1. The van der Waals surface area contributed by atoms with Crippen LogP contribution in [0.1, 0.15) is 30.9 Å². The highest BCUT2D eigenvalue weighted by molar-refractivity contribution is 14.0. The zero-order chi connectivity index (χ0) is 22.1. The molecule has 0 radical (unpaired) electrons. The molecule has 0 bridgehead atoms. The minimum atomic E-state index is -0.0525. The lowest BCUT2D eigenvalue weighted by molar-refractivity contribution is 0.0511. The summed E-state index contributed by atoms with van der Waals surface area (Å²) in [5, 5.41) is 6.94. The van der Waals surface area contributed by atoms with Gasteiger partial charge >= 0.3 is 0 Å².